The van der Waals surface area contributed by atoms with Crippen molar-refractivity contribution in [2.45, 2.75) is 51.7 Å². The molecular weight excluding hydrogens is 267 g/mol. The monoisotopic (exact) mass is 288 g/mol. The molecule has 0 spiro atoms. The molecule has 0 atom stereocenters. The van der Waals surface area contributed by atoms with Gasteiger partial charge in [-0.05, 0) is 46.6 Å². The van der Waals surface area contributed by atoms with Gasteiger partial charge in [0.15, 0.2) is 0 Å². The van der Waals surface area contributed by atoms with Crippen LogP contribution in [0.3, 0.4) is 0 Å². The third-order valence-corrected chi connectivity index (χ3v) is 4.51. The van der Waals surface area contributed by atoms with Crippen molar-refractivity contribution in [2.75, 3.05) is 5.32 Å². The SMILES string of the molecule is CC1(C)OB(c2ccc(NC(=O)C3CC3)nc2)OC1(C)C. The lowest BCUT2D eigenvalue weighted by atomic mass is 9.80. The molecule has 3 rings (SSSR count). The van der Waals surface area contributed by atoms with Crippen molar-refractivity contribution in [2.24, 2.45) is 5.92 Å². The molecule has 2 aliphatic rings. The number of aromatic nitrogens is 1. The first-order valence-corrected chi connectivity index (χ1v) is 7.41. The van der Waals surface area contributed by atoms with Gasteiger partial charge in [0.25, 0.3) is 0 Å². The van der Waals surface area contributed by atoms with Crippen LogP contribution < -0.4 is 10.8 Å². The summed E-state index contributed by atoms with van der Waals surface area (Å²) in [6.45, 7) is 8.07. The number of rotatable bonds is 3. The molecule has 2 heterocycles. The molecule has 1 amide bonds. The normalized spacial score (nSPS) is 23.1. The van der Waals surface area contributed by atoms with Gasteiger partial charge in [-0.3, -0.25) is 4.79 Å². The number of carbonyl (C=O) groups is 1. The molecule has 1 aromatic heterocycles. The van der Waals surface area contributed by atoms with Crippen LogP contribution in [0.4, 0.5) is 5.82 Å². The van der Waals surface area contributed by atoms with E-state index in [1.807, 2.05) is 33.8 Å². The summed E-state index contributed by atoms with van der Waals surface area (Å²) in [5.74, 6) is 0.813. The standard InChI is InChI=1S/C15H21BN2O3/c1-14(2)15(3,4)21-16(20-14)11-7-8-12(17-9-11)18-13(19)10-5-6-10/h7-10H,5-6H2,1-4H3,(H,17,18,19). The Balaban J connectivity index is 1.68. The zero-order chi connectivity index (χ0) is 15.3. The Bertz CT molecular complexity index is 537. The molecule has 0 aromatic carbocycles. The fourth-order valence-corrected chi connectivity index (χ4v) is 2.17. The number of carbonyl (C=O) groups excluding carboxylic acids is 1. The Hall–Kier alpha value is -1.40. The Morgan fingerprint density at radius 1 is 1.24 bits per heavy atom. The molecule has 2 fully saturated rings. The second kappa shape index (κ2) is 4.82. The second-order valence-electron chi connectivity index (χ2n) is 6.83. The molecule has 0 unspecified atom stereocenters. The number of amides is 1. The summed E-state index contributed by atoms with van der Waals surface area (Å²) in [5.41, 5.74) is 0.130. The van der Waals surface area contributed by atoms with Gasteiger partial charge in [-0.2, -0.15) is 0 Å². The number of nitrogens with zero attached hydrogens (tertiary/aromatic N) is 1. The molecule has 1 aromatic rings. The highest BCUT2D eigenvalue weighted by Gasteiger charge is 2.51. The summed E-state index contributed by atoms with van der Waals surface area (Å²) < 4.78 is 11.9. The second-order valence-corrected chi connectivity index (χ2v) is 6.83. The van der Waals surface area contributed by atoms with Gasteiger partial charge in [0.2, 0.25) is 5.91 Å². The minimum Gasteiger partial charge on any atom is -0.399 e. The van der Waals surface area contributed by atoms with Gasteiger partial charge in [0.05, 0.1) is 11.2 Å². The smallest absolute Gasteiger partial charge is 0.399 e. The van der Waals surface area contributed by atoms with E-state index >= 15 is 0 Å². The third kappa shape index (κ3) is 2.83. The van der Waals surface area contributed by atoms with E-state index in [0.29, 0.717) is 5.82 Å². The largest absolute Gasteiger partial charge is 0.496 e. The van der Waals surface area contributed by atoms with Crippen LogP contribution in [0, 0.1) is 5.92 Å². The Morgan fingerprint density at radius 2 is 1.86 bits per heavy atom. The van der Waals surface area contributed by atoms with Crippen LogP contribution in [0.25, 0.3) is 0 Å². The van der Waals surface area contributed by atoms with E-state index in [-0.39, 0.29) is 23.0 Å². The van der Waals surface area contributed by atoms with E-state index in [4.69, 9.17) is 9.31 Å². The van der Waals surface area contributed by atoms with Crippen molar-refractivity contribution < 1.29 is 14.1 Å². The highest BCUT2D eigenvalue weighted by Crippen LogP contribution is 2.36. The van der Waals surface area contributed by atoms with E-state index in [9.17, 15) is 4.79 Å². The van der Waals surface area contributed by atoms with Crippen LogP contribution in [-0.2, 0) is 14.1 Å². The molecule has 0 radical (unpaired) electrons. The van der Waals surface area contributed by atoms with Gasteiger partial charge >= 0.3 is 7.12 Å². The van der Waals surface area contributed by atoms with Gasteiger partial charge in [0, 0.05) is 17.6 Å². The first-order valence-electron chi connectivity index (χ1n) is 7.41. The van der Waals surface area contributed by atoms with E-state index in [1.54, 1.807) is 12.3 Å². The Labute approximate surface area is 125 Å². The third-order valence-electron chi connectivity index (χ3n) is 4.51. The topological polar surface area (TPSA) is 60.5 Å². The molecule has 21 heavy (non-hydrogen) atoms. The Kier molecular flexibility index (Phi) is 3.33. The zero-order valence-corrected chi connectivity index (χ0v) is 13.0. The van der Waals surface area contributed by atoms with Gasteiger partial charge in [-0.1, -0.05) is 6.07 Å². The number of hydrogen-bond donors (Lipinski definition) is 1. The van der Waals surface area contributed by atoms with E-state index < -0.39 is 7.12 Å². The first-order chi connectivity index (χ1) is 9.78. The number of hydrogen-bond acceptors (Lipinski definition) is 4. The van der Waals surface area contributed by atoms with Crippen molar-refractivity contribution in [3.63, 3.8) is 0 Å². The lowest BCUT2D eigenvalue weighted by Crippen LogP contribution is -2.41. The lowest BCUT2D eigenvalue weighted by Gasteiger charge is -2.32. The zero-order valence-electron chi connectivity index (χ0n) is 13.0. The lowest BCUT2D eigenvalue weighted by molar-refractivity contribution is -0.117. The van der Waals surface area contributed by atoms with Gasteiger partial charge in [-0.15, -0.1) is 0 Å². The molecule has 1 saturated carbocycles. The molecule has 1 aliphatic heterocycles. The molecular formula is C15H21BN2O3. The quantitative estimate of drug-likeness (QED) is 0.860. The summed E-state index contributed by atoms with van der Waals surface area (Å²) in [6, 6.07) is 3.68. The molecule has 1 N–H and O–H groups in total. The van der Waals surface area contributed by atoms with E-state index in [1.165, 1.54) is 0 Å². The summed E-state index contributed by atoms with van der Waals surface area (Å²) >= 11 is 0. The molecule has 6 heteroatoms. The van der Waals surface area contributed by atoms with Gasteiger partial charge < -0.3 is 14.6 Å². The van der Waals surface area contributed by atoms with E-state index in [0.717, 1.165) is 18.3 Å². The maximum Gasteiger partial charge on any atom is 0.496 e. The predicted octanol–water partition coefficient (Wildman–Crippen LogP) is 1.73. The minimum atomic E-state index is -0.421. The molecule has 1 aliphatic carbocycles. The predicted molar refractivity (Wildman–Crippen MR) is 81.3 cm³/mol. The van der Waals surface area contributed by atoms with Crippen molar-refractivity contribution in [3.05, 3.63) is 18.3 Å². The van der Waals surface area contributed by atoms with Crippen molar-refractivity contribution in [1.29, 1.82) is 0 Å². The van der Waals surface area contributed by atoms with Crippen LogP contribution in [0.2, 0.25) is 0 Å². The summed E-state index contributed by atoms with van der Waals surface area (Å²) in [4.78, 5) is 16.0. The summed E-state index contributed by atoms with van der Waals surface area (Å²) in [6.07, 6.45) is 3.67. The maximum absolute atomic E-state index is 11.7. The summed E-state index contributed by atoms with van der Waals surface area (Å²) in [5, 5.41) is 2.82. The van der Waals surface area contributed by atoms with Crippen LogP contribution in [0.15, 0.2) is 18.3 Å². The van der Waals surface area contributed by atoms with Crippen molar-refractivity contribution in [3.8, 4) is 0 Å². The van der Waals surface area contributed by atoms with Crippen LogP contribution in [0.5, 0.6) is 0 Å². The number of nitrogens with one attached hydrogen (secondary N) is 1. The molecule has 0 bridgehead atoms. The highest BCUT2D eigenvalue weighted by atomic mass is 16.7. The molecule has 112 valence electrons. The molecule has 1 saturated heterocycles. The Morgan fingerprint density at radius 3 is 2.33 bits per heavy atom. The van der Waals surface area contributed by atoms with Crippen molar-refractivity contribution in [1.82, 2.24) is 4.98 Å². The average molecular weight is 288 g/mol. The number of pyridine rings is 1. The maximum atomic E-state index is 11.7. The van der Waals surface area contributed by atoms with Crippen molar-refractivity contribution >= 4 is 24.3 Å². The van der Waals surface area contributed by atoms with Gasteiger partial charge in [-0.25, -0.2) is 4.98 Å². The van der Waals surface area contributed by atoms with Crippen LogP contribution in [0.1, 0.15) is 40.5 Å². The summed E-state index contributed by atoms with van der Waals surface area (Å²) in [7, 11) is -0.421. The highest BCUT2D eigenvalue weighted by molar-refractivity contribution is 6.62. The van der Waals surface area contributed by atoms with Crippen LogP contribution >= 0.6 is 0 Å². The first kappa shape index (κ1) is 14.5. The van der Waals surface area contributed by atoms with Crippen LogP contribution in [-0.4, -0.2) is 29.2 Å². The average Bonchev–Trinajstić information content (AvgIpc) is 3.19. The fraction of sp³-hybridized carbons (Fsp3) is 0.600. The van der Waals surface area contributed by atoms with E-state index in [2.05, 4.69) is 10.3 Å². The molecule has 5 nitrogen and oxygen atoms in total. The fourth-order valence-electron chi connectivity index (χ4n) is 2.17. The minimum absolute atomic E-state index is 0.0610. The number of anilines is 1. The van der Waals surface area contributed by atoms with Gasteiger partial charge in [0.1, 0.15) is 5.82 Å².